The van der Waals surface area contributed by atoms with Crippen LogP contribution in [0.1, 0.15) is 32.8 Å². The van der Waals surface area contributed by atoms with Crippen molar-refractivity contribution in [2.45, 2.75) is 19.4 Å². The maximum Gasteiger partial charge on any atom is 0.338 e. The van der Waals surface area contributed by atoms with Crippen LogP contribution in [-0.2, 0) is 4.74 Å². The quantitative estimate of drug-likeness (QED) is 0.800. The van der Waals surface area contributed by atoms with E-state index in [1.54, 1.807) is 29.2 Å². The van der Waals surface area contributed by atoms with E-state index in [4.69, 9.17) is 9.47 Å². The number of hydrogen-bond acceptors (Lipinski definition) is 5. The first-order chi connectivity index (χ1) is 12.1. The topological polar surface area (TPSA) is 68.7 Å². The number of methoxy groups -OCH3 is 1. The molecule has 3 rings (SSSR count). The standard InChI is InChI=1S/C19H20N2O4/c1-13-6-5-9-17(20-13)25-14-10-11-21(12-14)18(22)15-7-3-4-8-16(15)19(23)24-2/h3-9,14H,10-12H2,1-2H3/t14-/m1/s1. The number of carbonyl (C=O) groups excluding carboxylic acids is 2. The summed E-state index contributed by atoms with van der Waals surface area (Å²) < 4.78 is 10.6. The van der Waals surface area contributed by atoms with Crippen molar-refractivity contribution >= 4 is 11.9 Å². The molecule has 0 bridgehead atoms. The Morgan fingerprint density at radius 1 is 1.12 bits per heavy atom. The maximum atomic E-state index is 12.8. The van der Waals surface area contributed by atoms with E-state index in [9.17, 15) is 9.59 Å². The van der Waals surface area contributed by atoms with E-state index in [2.05, 4.69) is 4.98 Å². The van der Waals surface area contributed by atoms with Gasteiger partial charge in [-0.2, -0.15) is 0 Å². The number of amides is 1. The van der Waals surface area contributed by atoms with E-state index in [-0.39, 0.29) is 17.6 Å². The zero-order valence-electron chi connectivity index (χ0n) is 14.3. The molecule has 1 aromatic heterocycles. The molecule has 0 N–H and O–H groups in total. The Hall–Kier alpha value is -2.89. The zero-order chi connectivity index (χ0) is 17.8. The van der Waals surface area contributed by atoms with Gasteiger partial charge in [-0.15, -0.1) is 0 Å². The number of hydrogen-bond donors (Lipinski definition) is 0. The van der Waals surface area contributed by atoms with Crippen LogP contribution in [-0.4, -0.2) is 48.1 Å². The van der Waals surface area contributed by atoms with Crippen LogP contribution in [0.3, 0.4) is 0 Å². The predicted octanol–water partition coefficient (Wildman–Crippen LogP) is 2.47. The van der Waals surface area contributed by atoms with Gasteiger partial charge < -0.3 is 14.4 Å². The Morgan fingerprint density at radius 2 is 1.88 bits per heavy atom. The number of esters is 1. The summed E-state index contributed by atoms with van der Waals surface area (Å²) >= 11 is 0. The fourth-order valence-corrected chi connectivity index (χ4v) is 2.89. The van der Waals surface area contributed by atoms with Crippen molar-refractivity contribution in [1.29, 1.82) is 0 Å². The van der Waals surface area contributed by atoms with Gasteiger partial charge in [0.1, 0.15) is 6.10 Å². The van der Waals surface area contributed by atoms with Crippen molar-refractivity contribution in [1.82, 2.24) is 9.88 Å². The number of rotatable bonds is 4. The van der Waals surface area contributed by atoms with Crippen molar-refractivity contribution < 1.29 is 19.1 Å². The number of likely N-dealkylation sites (tertiary alicyclic amines) is 1. The molecule has 2 aromatic rings. The number of ether oxygens (including phenoxy) is 2. The smallest absolute Gasteiger partial charge is 0.338 e. The molecule has 130 valence electrons. The second kappa shape index (κ2) is 7.34. The third kappa shape index (κ3) is 3.79. The highest BCUT2D eigenvalue weighted by Gasteiger charge is 2.30. The zero-order valence-corrected chi connectivity index (χ0v) is 14.3. The summed E-state index contributed by atoms with van der Waals surface area (Å²) in [4.78, 5) is 30.7. The van der Waals surface area contributed by atoms with Crippen LogP contribution in [0.4, 0.5) is 0 Å². The van der Waals surface area contributed by atoms with Crippen LogP contribution in [0.5, 0.6) is 5.88 Å². The molecule has 1 saturated heterocycles. The summed E-state index contributed by atoms with van der Waals surface area (Å²) in [6.07, 6.45) is 0.616. The van der Waals surface area contributed by atoms with Gasteiger partial charge in [0.25, 0.3) is 5.91 Å². The lowest BCUT2D eigenvalue weighted by atomic mass is 10.1. The normalized spacial score (nSPS) is 16.6. The number of aryl methyl sites for hydroxylation is 1. The van der Waals surface area contributed by atoms with E-state index in [1.807, 2.05) is 25.1 Å². The van der Waals surface area contributed by atoms with Crippen LogP contribution in [0.25, 0.3) is 0 Å². The first-order valence-corrected chi connectivity index (χ1v) is 8.15. The molecule has 1 atom stereocenters. The van der Waals surface area contributed by atoms with Crippen LogP contribution in [0.2, 0.25) is 0 Å². The number of nitrogens with zero attached hydrogens (tertiary/aromatic N) is 2. The SMILES string of the molecule is COC(=O)c1ccccc1C(=O)N1CC[C@@H](Oc2cccc(C)n2)C1. The molecular formula is C19H20N2O4. The number of carbonyl (C=O) groups is 2. The Labute approximate surface area is 146 Å². The fourth-order valence-electron chi connectivity index (χ4n) is 2.89. The van der Waals surface area contributed by atoms with E-state index >= 15 is 0 Å². The first-order valence-electron chi connectivity index (χ1n) is 8.15. The maximum absolute atomic E-state index is 12.8. The molecule has 0 aliphatic carbocycles. The van der Waals surface area contributed by atoms with Gasteiger partial charge >= 0.3 is 5.97 Å². The lowest BCUT2D eigenvalue weighted by Gasteiger charge is -2.18. The highest BCUT2D eigenvalue weighted by molar-refractivity contribution is 6.05. The second-order valence-corrected chi connectivity index (χ2v) is 5.93. The Bertz CT molecular complexity index is 790. The molecule has 0 spiro atoms. The minimum Gasteiger partial charge on any atom is -0.472 e. The Morgan fingerprint density at radius 3 is 2.60 bits per heavy atom. The van der Waals surface area contributed by atoms with Crippen LogP contribution in [0.15, 0.2) is 42.5 Å². The molecule has 0 unspecified atom stereocenters. The van der Waals surface area contributed by atoms with Crippen LogP contribution >= 0.6 is 0 Å². The molecule has 2 heterocycles. The molecule has 1 aliphatic heterocycles. The average Bonchev–Trinajstić information content (AvgIpc) is 3.09. The van der Waals surface area contributed by atoms with Crippen molar-refractivity contribution in [3.63, 3.8) is 0 Å². The predicted molar refractivity (Wildman–Crippen MR) is 91.7 cm³/mol. The summed E-state index contributed by atoms with van der Waals surface area (Å²) in [6.45, 7) is 2.94. The number of aromatic nitrogens is 1. The molecule has 1 amide bonds. The third-order valence-electron chi connectivity index (χ3n) is 4.15. The number of benzene rings is 1. The molecular weight excluding hydrogens is 320 g/mol. The van der Waals surface area contributed by atoms with Crippen molar-refractivity contribution in [3.8, 4) is 5.88 Å². The summed E-state index contributed by atoms with van der Waals surface area (Å²) in [7, 11) is 1.30. The lowest BCUT2D eigenvalue weighted by molar-refractivity contribution is 0.0591. The van der Waals surface area contributed by atoms with Crippen LogP contribution < -0.4 is 4.74 Å². The summed E-state index contributed by atoms with van der Waals surface area (Å²) in [5.74, 6) is -0.140. The van der Waals surface area contributed by atoms with E-state index in [0.29, 0.717) is 24.5 Å². The van der Waals surface area contributed by atoms with Gasteiger partial charge in [0, 0.05) is 24.7 Å². The minimum atomic E-state index is -0.514. The van der Waals surface area contributed by atoms with Gasteiger partial charge in [-0.05, 0) is 25.1 Å². The second-order valence-electron chi connectivity index (χ2n) is 5.93. The summed E-state index contributed by atoms with van der Waals surface area (Å²) in [5, 5.41) is 0. The van der Waals surface area contributed by atoms with Gasteiger partial charge in [0.15, 0.2) is 0 Å². The average molecular weight is 340 g/mol. The Kier molecular flexibility index (Phi) is 4.97. The Balaban J connectivity index is 1.70. The molecule has 6 nitrogen and oxygen atoms in total. The van der Waals surface area contributed by atoms with E-state index in [1.165, 1.54) is 7.11 Å². The molecule has 6 heteroatoms. The van der Waals surface area contributed by atoms with Gasteiger partial charge in [-0.3, -0.25) is 4.79 Å². The minimum absolute atomic E-state index is 0.108. The van der Waals surface area contributed by atoms with Gasteiger partial charge in [-0.25, -0.2) is 9.78 Å². The van der Waals surface area contributed by atoms with E-state index < -0.39 is 5.97 Å². The number of pyridine rings is 1. The first kappa shape index (κ1) is 17.0. The molecule has 1 aliphatic rings. The molecule has 0 saturated carbocycles. The molecule has 1 aromatic carbocycles. The van der Waals surface area contributed by atoms with Crippen LogP contribution in [0, 0.1) is 6.92 Å². The van der Waals surface area contributed by atoms with Crippen molar-refractivity contribution in [2.24, 2.45) is 0 Å². The monoisotopic (exact) mass is 340 g/mol. The van der Waals surface area contributed by atoms with Crippen molar-refractivity contribution in [2.75, 3.05) is 20.2 Å². The van der Waals surface area contributed by atoms with Gasteiger partial charge in [0.2, 0.25) is 5.88 Å². The molecule has 0 radical (unpaired) electrons. The van der Waals surface area contributed by atoms with Crippen molar-refractivity contribution in [3.05, 3.63) is 59.3 Å². The fraction of sp³-hybridized carbons (Fsp3) is 0.316. The largest absolute Gasteiger partial charge is 0.472 e. The third-order valence-corrected chi connectivity index (χ3v) is 4.15. The molecule has 25 heavy (non-hydrogen) atoms. The highest BCUT2D eigenvalue weighted by Crippen LogP contribution is 2.20. The van der Waals surface area contributed by atoms with Gasteiger partial charge in [0.05, 0.1) is 24.8 Å². The summed E-state index contributed by atoms with van der Waals surface area (Å²) in [5.41, 5.74) is 1.51. The summed E-state index contributed by atoms with van der Waals surface area (Å²) in [6, 6.07) is 12.3. The lowest BCUT2D eigenvalue weighted by Crippen LogP contribution is -2.32. The van der Waals surface area contributed by atoms with Gasteiger partial charge in [-0.1, -0.05) is 18.2 Å². The molecule has 1 fully saturated rings. The highest BCUT2D eigenvalue weighted by atomic mass is 16.5. The van der Waals surface area contributed by atoms with E-state index in [0.717, 1.165) is 12.1 Å².